The molecule has 0 spiro atoms. The van der Waals surface area contributed by atoms with Crippen LogP contribution in [0.25, 0.3) is 111 Å². The van der Waals surface area contributed by atoms with Crippen LogP contribution in [0.4, 0.5) is 0 Å². The molecule has 0 fully saturated rings. The first-order valence-electron chi connectivity index (χ1n) is 17.2. The number of para-hydroxylation sites is 3. The number of hydrogen-bond donors (Lipinski definition) is 0. The first-order valence-corrected chi connectivity index (χ1v) is 17.2. The van der Waals surface area contributed by atoms with Gasteiger partial charge in [-0.05, 0) is 40.6 Å². The average Bonchev–Trinajstić information content (AvgIpc) is 3.79. The maximum Gasteiger partial charge on any atom is 0.164 e. The second-order valence-electron chi connectivity index (χ2n) is 13.0. The number of nitrogens with zero attached hydrogens (tertiary/aromatic N) is 4. The Labute approximate surface area is 296 Å². The molecule has 0 N–H and O–H groups in total. The molecule has 0 radical (unpaired) electrons. The molecule has 242 valence electrons. The summed E-state index contributed by atoms with van der Waals surface area (Å²) < 4.78 is 12.4. The van der Waals surface area contributed by atoms with Crippen molar-refractivity contribution in [2.45, 2.75) is 0 Å². The zero-order valence-corrected chi connectivity index (χ0v) is 27.6. The molecule has 0 amide bonds. The number of rotatable bonds is 4. The molecule has 11 aromatic rings. The van der Waals surface area contributed by atoms with Crippen LogP contribution in [0.2, 0.25) is 0 Å². The highest BCUT2D eigenvalue weighted by Gasteiger charge is 2.20. The van der Waals surface area contributed by atoms with E-state index < -0.39 is 0 Å². The second-order valence-corrected chi connectivity index (χ2v) is 13.0. The molecular formula is C46H26N4O2. The molecule has 0 atom stereocenters. The van der Waals surface area contributed by atoms with Crippen LogP contribution >= 0.6 is 0 Å². The molecule has 0 unspecified atom stereocenters. The Balaban J connectivity index is 1.15. The summed E-state index contributed by atoms with van der Waals surface area (Å²) in [5.41, 5.74) is 9.04. The van der Waals surface area contributed by atoms with Crippen LogP contribution in [0.1, 0.15) is 0 Å². The Bertz CT molecular complexity index is 3200. The summed E-state index contributed by atoms with van der Waals surface area (Å²) in [5.74, 6) is 1.79. The third-order valence-electron chi connectivity index (χ3n) is 10.0. The van der Waals surface area contributed by atoms with Gasteiger partial charge in [0.25, 0.3) is 0 Å². The highest BCUT2D eigenvalue weighted by Crippen LogP contribution is 2.41. The molecule has 4 heterocycles. The quantitative estimate of drug-likeness (QED) is 0.186. The topological polar surface area (TPSA) is 77.8 Å². The van der Waals surface area contributed by atoms with E-state index in [1.807, 2.05) is 85.1 Å². The maximum absolute atomic E-state index is 6.25. The Kier molecular flexibility index (Phi) is 6.15. The van der Waals surface area contributed by atoms with Gasteiger partial charge in [0.15, 0.2) is 23.1 Å². The van der Waals surface area contributed by atoms with Crippen molar-refractivity contribution in [3.8, 4) is 45.3 Å². The molecular weight excluding hydrogens is 641 g/mol. The van der Waals surface area contributed by atoms with E-state index in [0.717, 1.165) is 93.4 Å². The van der Waals surface area contributed by atoms with Crippen LogP contribution in [0, 0.1) is 0 Å². The minimum Gasteiger partial charge on any atom is -0.456 e. The van der Waals surface area contributed by atoms with E-state index in [1.54, 1.807) is 0 Å². The summed E-state index contributed by atoms with van der Waals surface area (Å²) in [6.07, 6.45) is 1.85. The Morgan fingerprint density at radius 1 is 0.327 bits per heavy atom. The molecule has 4 aromatic heterocycles. The first-order chi connectivity index (χ1) is 25.8. The van der Waals surface area contributed by atoms with Crippen LogP contribution in [0.3, 0.4) is 0 Å². The Hall–Kier alpha value is -7.18. The normalized spacial score (nSPS) is 11.8. The molecule has 52 heavy (non-hydrogen) atoms. The van der Waals surface area contributed by atoms with Crippen molar-refractivity contribution in [1.29, 1.82) is 0 Å². The second kappa shape index (κ2) is 11.2. The van der Waals surface area contributed by atoms with Crippen molar-refractivity contribution in [3.05, 3.63) is 158 Å². The van der Waals surface area contributed by atoms with Crippen molar-refractivity contribution < 1.29 is 8.83 Å². The summed E-state index contributed by atoms with van der Waals surface area (Å²) in [6, 6.07) is 51.5. The molecule has 0 saturated heterocycles. The Morgan fingerprint density at radius 2 is 0.865 bits per heavy atom. The monoisotopic (exact) mass is 666 g/mol. The zero-order chi connectivity index (χ0) is 34.2. The van der Waals surface area contributed by atoms with Gasteiger partial charge < -0.3 is 8.83 Å². The Morgan fingerprint density at radius 3 is 1.65 bits per heavy atom. The number of hydrogen-bond acceptors (Lipinski definition) is 6. The van der Waals surface area contributed by atoms with Crippen LogP contribution in [0.15, 0.2) is 167 Å². The lowest BCUT2D eigenvalue weighted by Gasteiger charge is -2.14. The summed E-state index contributed by atoms with van der Waals surface area (Å²) in [4.78, 5) is 20.4. The van der Waals surface area contributed by atoms with E-state index in [1.165, 1.54) is 0 Å². The molecule has 11 rings (SSSR count). The van der Waals surface area contributed by atoms with Crippen molar-refractivity contribution in [3.63, 3.8) is 0 Å². The lowest BCUT2D eigenvalue weighted by Crippen LogP contribution is -2.01. The summed E-state index contributed by atoms with van der Waals surface area (Å²) in [7, 11) is 0. The average molecular weight is 667 g/mol. The van der Waals surface area contributed by atoms with Crippen molar-refractivity contribution in [2.24, 2.45) is 0 Å². The number of benzene rings is 7. The minimum atomic E-state index is 0.587. The van der Waals surface area contributed by atoms with E-state index in [4.69, 9.17) is 28.8 Å². The van der Waals surface area contributed by atoms with Crippen molar-refractivity contribution in [2.75, 3.05) is 0 Å². The largest absolute Gasteiger partial charge is 0.456 e. The van der Waals surface area contributed by atoms with Crippen LogP contribution in [-0.4, -0.2) is 19.9 Å². The van der Waals surface area contributed by atoms with Gasteiger partial charge in [-0.3, -0.25) is 4.98 Å². The van der Waals surface area contributed by atoms with Gasteiger partial charge in [0.2, 0.25) is 0 Å². The van der Waals surface area contributed by atoms with Crippen molar-refractivity contribution >= 4 is 65.6 Å². The molecule has 7 aromatic carbocycles. The fourth-order valence-electron chi connectivity index (χ4n) is 7.68. The number of furan rings is 2. The predicted molar refractivity (Wildman–Crippen MR) is 209 cm³/mol. The fraction of sp³-hybridized carbons (Fsp3) is 0. The van der Waals surface area contributed by atoms with Gasteiger partial charge in [0, 0.05) is 49.2 Å². The van der Waals surface area contributed by atoms with Gasteiger partial charge >= 0.3 is 0 Å². The summed E-state index contributed by atoms with van der Waals surface area (Å²) in [6.45, 7) is 0. The van der Waals surface area contributed by atoms with Gasteiger partial charge in [-0.15, -0.1) is 0 Å². The van der Waals surface area contributed by atoms with Gasteiger partial charge in [-0.2, -0.15) is 0 Å². The SMILES string of the molecule is c1ccc(-c2nc(-c3ccc(-c4cccc5c4ncc4oc6ccccc6c45)c4ccccc34)nc(-c3cccc4oc5ccccc5c34)n2)cc1. The standard InChI is InChI=1S/C46H26N4O2/c1-2-12-27(13-3-1)44-48-45(50-46(49-44)36-20-11-23-39-42(36)34-17-7-8-21-37(34)51-39)32-25-24-30(28-14-4-5-15-29(28)32)31-18-10-19-35-41-33-16-6-9-22-38(33)52-40(41)26-47-43(31)35/h1-26H. The summed E-state index contributed by atoms with van der Waals surface area (Å²) >= 11 is 0. The van der Waals surface area contributed by atoms with Gasteiger partial charge in [-0.25, -0.2) is 15.0 Å². The smallest absolute Gasteiger partial charge is 0.164 e. The van der Waals surface area contributed by atoms with Gasteiger partial charge in [0.1, 0.15) is 16.7 Å². The van der Waals surface area contributed by atoms with Gasteiger partial charge in [0.05, 0.1) is 11.7 Å². The van der Waals surface area contributed by atoms with E-state index in [-0.39, 0.29) is 0 Å². The molecule has 0 saturated carbocycles. The molecule has 6 nitrogen and oxygen atoms in total. The molecule has 0 aliphatic rings. The third kappa shape index (κ3) is 4.31. The fourth-order valence-corrected chi connectivity index (χ4v) is 7.68. The third-order valence-corrected chi connectivity index (χ3v) is 10.0. The van der Waals surface area contributed by atoms with Crippen molar-refractivity contribution in [1.82, 2.24) is 19.9 Å². The minimum absolute atomic E-state index is 0.587. The number of aromatic nitrogens is 4. The lowest BCUT2D eigenvalue weighted by molar-refractivity contribution is 0.667. The van der Waals surface area contributed by atoms with E-state index in [2.05, 4.69) is 72.8 Å². The molecule has 0 aliphatic carbocycles. The number of pyridine rings is 1. The van der Waals surface area contributed by atoms with E-state index >= 15 is 0 Å². The maximum atomic E-state index is 6.25. The number of fused-ring (bicyclic) bond motifs is 9. The summed E-state index contributed by atoms with van der Waals surface area (Å²) in [5, 5.41) is 7.35. The molecule has 0 bridgehead atoms. The van der Waals surface area contributed by atoms with E-state index in [0.29, 0.717) is 17.5 Å². The molecule has 6 heteroatoms. The van der Waals surface area contributed by atoms with E-state index in [9.17, 15) is 0 Å². The van der Waals surface area contributed by atoms with Gasteiger partial charge in [-0.1, -0.05) is 127 Å². The highest BCUT2D eigenvalue weighted by atomic mass is 16.3. The highest BCUT2D eigenvalue weighted by molar-refractivity contribution is 6.20. The molecule has 0 aliphatic heterocycles. The van der Waals surface area contributed by atoms with Crippen LogP contribution in [-0.2, 0) is 0 Å². The van der Waals surface area contributed by atoms with Crippen LogP contribution in [0.5, 0.6) is 0 Å². The first kappa shape index (κ1) is 28.6. The predicted octanol–water partition coefficient (Wildman–Crippen LogP) is 12.0. The zero-order valence-electron chi connectivity index (χ0n) is 27.6. The lowest BCUT2D eigenvalue weighted by atomic mass is 9.92. The van der Waals surface area contributed by atoms with Crippen LogP contribution < -0.4 is 0 Å².